The molecule has 190 valence electrons. The first-order chi connectivity index (χ1) is 16.9. The second-order valence-corrected chi connectivity index (χ2v) is 12.4. The van der Waals surface area contributed by atoms with Crippen molar-refractivity contribution in [2.24, 2.45) is 23.7 Å². The van der Waals surface area contributed by atoms with Crippen molar-refractivity contribution in [3.05, 3.63) is 29.8 Å². The molecule has 2 amide bonds. The number of amides is 2. The highest BCUT2D eigenvalue weighted by molar-refractivity contribution is 8.00. The smallest absolute Gasteiger partial charge is 0.339 e. The van der Waals surface area contributed by atoms with Gasteiger partial charge in [-0.3, -0.25) is 9.59 Å². The van der Waals surface area contributed by atoms with Crippen LogP contribution in [-0.2, 0) is 14.3 Å². The Morgan fingerprint density at radius 1 is 1.06 bits per heavy atom. The van der Waals surface area contributed by atoms with Gasteiger partial charge in [0, 0.05) is 23.5 Å². The lowest BCUT2D eigenvalue weighted by Crippen LogP contribution is -2.60. The molecule has 0 radical (unpaired) electrons. The first kappa shape index (κ1) is 24.7. The summed E-state index contributed by atoms with van der Waals surface area (Å²) in [5.41, 5.74) is 0.410. The molecule has 5 aliphatic rings. The lowest BCUT2D eigenvalue weighted by atomic mass is 9.53. The SMILES string of the molecule is CCCN(CC1CC1)C(=O)COC(=O)c1ccccc1SCC(=O)NC12CC3CC(CC(C3)C1)C2. The molecule has 7 heteroatoms. The van der Waals surface area contributed by atoms with Crippen molar-refractivity contribution in [1.29, 1.82) is 0 Å². The minimum absolute atomic E-state index is 0.00394. The summed E-state index contributed by atoms with van der Waals surface area (Å²) in [5, 5.41) is 3.40. The number of esters is 1. The van der Waals surface area contributed by atoms with Crippen molar-refractivity contribution in [3.63, 3.8) is 0 Å². The molecule has 6 nitrogen and oxygen atoms in total. The topological polar surface area (TPSA) is 75.7 Å². The van der Waals surface area contributed by atoms with Crippen LogP contribution in [0.4, 0.5) is 0 Å². The molecule has 6 rings (SSSR count). The van der Waals surface area contributed by atoms with Crippen LogP contribution >= 0.6 is 11.8 Å². The van der Waals surface area contributed by atoms with Crippen LogP contribution in [0.15, 0.2) is 29.2 Å². The summed E-state index contributed by atoms with van der Waals surface area (Å²) in [5.74, 6) is 2.63. The molecule has 1 aromatic carbocycles. The molecule has 0 heterocycles. The molecule has 1 N–H and O–H groups in total. The van der Waals surface area contributed by atoms with Crippen LogP contribution in [0.1, 0.15) is 75.1 Å². The number of ether oxygens (including phenoxy) is 1. The quantitative estimate of drug-likeness (QED) is 0.354. The van der Waals surface area contributed by atoms with Gasteiger partial charge >= 0.3 is 5.97 Å². The van der Waals surface area contributed by atoms with Crippen LogP contribution in [-0.4, -0.2) is 53.7 Å². The standard InChI is InChI=1S/C28H38N2O4S/c1-2-9-30(16-19-7-8-19)26(32)17-34-27(33)23-5-3-4-6-24(23)35-18-25(31)29-28-13-20-10-21(14-28)12-22(11-20)15-28/h3-6,19-22H,2,7-18H2,1H3,(H,29,31). The molecule has 0 aliphatic heterocycles. The highest BCUT2D eigenvalue weighted by atomic mass is 32.2. The van der Waals surface area contributed by atoms with E-state index in [1.54, 1.807) is 12.1 Å². The third-order valence-electron chi connectivity index (χ3n) is 8.26. The Morgan fingerprint density at radius 3 is 2.34 bits per heavy atom. The Morgan fingerprint density at radius 2 is 1.71 bits per heavy atom. The molecule has 0 spiro atoms. The van der Waals surface area contributed by atoms with E-state index in [-0.39, 0.29) is 29.7 Å². The summed E-state index contributed by atoms with van der Waals surface area (Å²) in [6.07, 6.45) is 10.7. The summed E-state index contributed by atoms with van der Waals surface area (Å²) in [6.45, 7) is 3.26. The Labute approximate surface area is 212 Å². The zero-order valence-electron chi connectivity index (χ0n) is 20.8. The van der Waals surface area contributed by atoms with E-state index in [9.17, 15) is 14.4 Å². The lowest BCUT2D eigenvalue weighted by Gasteiger charge is -2.56. The van der Waals surface area contributed by atoms with E-state index in [1.807, 2.05) is 24.0 Å². The van der Waals surface area contributed by atoms with Crippen LogP contribution in [0.5, 0.6) is 0 Å². The van der Waals surface area contributed by atoms with Crippen LogP contribution in [0.3, 0.4) is 0 Å². The van der Waals surface area contributed by atoms with Gasteiger partial charge in [0.05, 0.1) is 11.3 Å². The number of nitrogens with one attached hydrogen (secondary N) is 1. The molecule has 1 aromatic rings. The number of hydrogen-bond donors (Lipinski definition) is 1. The van der Waals surface area contributed by atoms with Crippen LogP contribution < -0.4 is 5.32 Å². The Bertz CT molecular complexity index is 925. The molecule has 0 saturated heterocycles. The van der Waals surface area contributed by atoms with Crippen LogP contribution in [0.2, 0.25) is 0 Å². The molecule has 5 saturated carbocycles. The normalized spacial score (nSPS) is 28.5. The van der Waals surface area contributed by atoms with Crippen molar-refractivity contribution in [3.8, 4) is 0 Å². The minimum Gasteiger partial charge on any atom is -0.452 e. The molecule has 5 fully saturated rings. The van der Waals surface area contributed by atoms with Gasteiger partial charge in [-0.2, -0.15) is 0 Å². The highest BCUT2D eigenvalue weighted by Gasteiger charge is 2.51. The monoisotopic (exact) mass is 498 g/mol. The summed E-state index contributed by atoms with van der Waals surface area (Å²) < 4.78 is 5.41. The maximum Gasteiger partial charge on any atom is 0.339 e. The number of nitrogens with zero attached hydrogens (tertiary/aromatic N) is 1. The van der Waals surface area contributed by atoms with E-state index in [1.165, 1.54) is 43.9 Å². The molecule has 0 aromatic heterocycles. The number of rotatable bonds is 11. The highest BCUT2D eigenvalue weighted by Crippen LogP contribution is 2.55. The number of thioether (sulfide) groups is 1. The molecule has 0 unspecified atom stereocenters. The maximum atomic E-state index is 12.9. The predicted octanol–water partition coefficient (Wildman–Crippen LogP) is 4.67. The van der Waals surface area contributed by atoms with Crippen LogP contribution in [0.25, 0.3) is 0 Å². The van der Waals surface area contributed by atoms with E-state index in [0.717, 1.165) is 50.0 Å². The van der Waals surface area contributed by atoms with Gasteiger partial charge in [0.2, 0.25) is 5.91 Å². The average molecular weight is 499 g/mol. The molecular weight excluding hydrogens is 460 g/mol. The van der Waals surface area contributed by atoms with Crippen LogP contribution in [0, 0.1) is 23.7 Å². The van der Waals surface area contributed by atoms with E-state index in [0.29, 0.717) is 22.9 Å². The molecule has 5 aliphatic carbocycles. The first-order valence-electron chi connectivity index (χ1n) is 13.4. The van der Waals surface area contributed by atoms with Gasteiger partial charge in [0.15, 0.2) is 6.61 Å². The fourth-order valence-corrected chi connectivity index (χ4v) is 7.84. The lowest BCUT2D eigenvalue weighted by molar-refractivity contribution is -0.134. The Hall–Kier alpha value is -2.02. The summed E-state index contributed by atoms with van der Waals surface area (Å²) in [7, 11) is 0. The minimum atomic E-state index is -0.509. The van der Waals surface area contributed by atoms with E-state index in [2.05, 4.69) is 5.32 Å². The molecule has 0 atom stereocenters. The van der Waals surface area contributed by atoms with Gasteiger partial charge in [-0.1, -0.05) is 19.1 Å². The van der Waals surface area contributed by atoms with E-state index < -0.39 is 5.97 Å². The summed E-state index contributed by atoms with van der Waals surface area (Å²) in [6, 6.07) is 7.20. The summed E-state index contributed by atoms with van der Waals surface area (Å²) in [4.78, 5) is 40.9. The maximum absolute atomic E-state index is 12.9. The third-order valence-corrected chi connectivity index (χ3v) is 9.33. The first-order valence-corrected chi connectivity index (χ1v) is 14.4. The average Bonchev–Trinajstić information content (AvgIpc) is 3.64. The molecule has 4 bridgehead atoms. The van der Waals surface area contributed by atoms with Gasteiger partial charge in [-0.25, -0.2) is 4.79 Å². The third kappa shape index (κ3) is 6.04. The second-order valence-electron chi connectivity index (χ2n) is 11.4. The van der Waals surface area contributed by atoms with Gasteiger partial charge in [0.1, 0.15) is 0 Å². The number of carbonyl (C=O) groups excluding carboxylic acids is 3. The zero-order chi connectivity index (χ0) is 24.4. The zero-order valence-corrected chi connectivity index (χ0v) is 21.6. The van der Waals surface area contributed by atoms with Crippen molar-refractivity contribution in [2.45, 2.75) is 75.1 Å². The molecular formula is C28H38N2O4S. The number of carbonyl (C=O) groups is 3. The summed E-state index contributed by atoms with van der Waals surface area (Å²) >= 11 is 1.37. The Kier molecular flexibility index (Phi) is 7.42. The van der Waals surface area contributed by atoms with Crippen molar-refractivity contribution in [2.75, 3.05) is 25.4 Å². The van der Waals surface area contributed by atoms with Gasteiger partial charge in [0.25, 0.3) is 5.91 Å². The number of hydrogen-bond acceptors (Lipinski definition) is 5. The number of benzene rings is 1. The van der Waals surface area contributed by atoms with Crippen molar-refractivity contribution >= 4 is 29.5 Å². The van der Waals surface area contributed by atoms with E-state index in [4.69, 9.17) is 4.74 Å². The van der Waals surface area contributed by atoms with Gasteiger partial charge in [-0.15, -0.1) is 11.8 Å². The fraction of sp³-hybridized carbons (Fsp3) is 0.679. The largest absolute Gasteiger partial charge is 0.452 e. The predicted molar refractivity (Wildman–Crippen MR) is 136 cm³/mol. The van der Waals surface area contributed by atoms with Gasteiger partial charge in [-0.05, 0) is 93.6 Å². The Balaban J connectivity index is 1.13. The second kappa shape index (κ2) is 10.5. The van der Waals surface area contributed by atoms with Gasteiger partial charge < -0.3 is 15.0 Å². The van der Waals surface area contributed by atoms with E-state index >= 15 is 0 Å². The molecule has 35 heavy (non-hydrogen) atoms. The fourth-order valence-electron chi connectivity index (χ4n) is 7.00. The van der Waals surface area contributed by atoms with Crippen molar-refractivity contribution in [1.82, 2.24) is 10.2 Å². The van der Waals surface area contributed by atoms with Crippen molar-refractivity contribution < 1.29 is 19.1 Å².